The molecule has 35 heavy (non-hydrogen) atoms. The first-order valence-corrected chi connectivity index (χ1v) is 13.1. The summed E-state index contributed by atoms with van der Waals surface area (Å²) in [6.07, 6.45) is 4.33. The van der Waals surface area contributed by atoms with E-state index in [4.69, 9.17) is 17.0 Å². The number of benzene rings is 1. The number of rotatable bonds is 8. The number of carbonyl (C=O) groups is 2. The van der Waals surface area contributed by atoms with Crippen LogP contribution in [0.25, 0.3) is 6.08 Å². The van der Waals surface area contributed by atoms with E-state index >= 15 is 0 Å². The molecule has 1 fully saturated rings. The largest absolute Gasteiger partial charge is 0.465 e. The van der Waals surface area contributed by atoms with Crippen molar-refractivity contribution in [1.82, 2.24) is 14.7 Å². The zero-order chi connectivity index (χ0) is 25.4. The molecule has 1 aromatic carbocycles. The summed E-state index contributed by atoms with van der Waals surface area (Å²) in [4.78, 5) is 32.3. The summed E-state index contributed by atoms with van der Waals surface area (Å²) in [5.41, 5.74) is 2.20. The number of carbonyl (C=O) groups excluding carboxylic acids is 2. The SMILES string of the molecule is CCN(CC)C(=O)c1sc(NC(=S)N2CCN(C/C=C/c3ccccc3)CC2)c(C(=O)OC)c1C. The normalized spacial score (nSPS) is 14.2. The maximum Gasteiger partial charge on any atom is 0.341 e. The van der Waals surface area contributed by atoms with Crippen LogP contribution in [0.1, 0.15) is 45.0 Å². The number of thiocarbonyl (C=S) groups is 1. The van der Waals surface area contributed by atoms with E-state index in [9.17, 15) is 9.59 Å². The second-order valence-corrected chi connectivity index (χ2v) is 9.67. The monoisotopic (exact) mass is 514 g/mol. The molecule has 0 saturated carbocycles. The number of methoxy groups -OCH3 is 1. The minimum Gasteiger partial charge on any atom is -0.465 e. The van der Waals surface area contributed by atoms with Crippen molar-refractivity contribution in [2.75, 3.05) is 58.2 Å². The first-order valence-electron chi connectivity index (χ1n) is 11.9. The standard InChI is InChI=1S/C26H34N4O3S2/c1-5-29(6-2)24(31)22-19(3)21(25(32)33-4)23(35-22)27-26(34)30-17-15-28(16-18-30)14-10-13-20-11-8-7-9-12-20/h7-13H,5-6,14-18H2,1-4H3,(H,27,34)/b13-10+. The van der Waals surface area contributed by atoms with Crippen LogP contribution in [0.3, 0.4) is 0 Å². The molecule has 0 unspecified atom stereocenters. The quantitative estimate of drug-likeness (QED) is 0.415. The Morgan fingerprint density at radius 1 is 1.14 bits per heavy atom. The Morgan fingerprint density at radius 3 is 2.40 bits per heavy atom. The number of thiophene rings is 1. The highest BCUT2D eigenvalue weighted by molar-refractivity contribution is 7.80. The first kappa shape index (κ1) is 26.8. The van der Waals surface area contributed by atoms with Gasteiger partial charge in [-0.25, -0.2) is 4.79 Å². The van der Waals surface area contributed by atoms with E-state index in [-0.39, 0.29) is 5.91 Å². The van der Waals surface area contributed by atoms with Gasteiger partial charge in [0.2, 0.25) is 0 Å². The number of amides is 1. The smallest absolute Gasteiger partial charge is 0.341 e. The summed E-state index contributed by atoms with van der Waals surface area (Å²) in [6.45, 7) is 11.1. The van der Waals surface area contributed by atoms with E-state index in [2.05, 4.69) is 39.4 Å². The fourth-order valence-electron chi connectivity index (χ4n) is 4.02. The molecule has 1 aliphatic rings. The van der Waals surface area contributed by atoms with Gasteiger partial charge in [-0.05, 0) is 44.1 Å². The lowest BCUT2D eigenvalue weighted by molar-refractivity contribution is 0.0601. The Labute approximate surface area is 217 Å². The molecule has 9 heteroatoms. The topological polar surface area (TPSA) is 65.1 Å². The number of piperazine rings is 1. The first-order chi connectivity index (χ1) is 16.9. The fraction of sp³-hybridized carbons (Fsp3) is 0.423. The van der Waals surface area contributed by atoms with Gasteiger partial charge in [-0.15, -0.1) is 11.3 Å². The summed E-state index contributed by atoms with van der Waals surface area (Å²) < 4.78 is 5.01. The number of ether oxygens (including phenoxy) is 1. The molecule has 0 aliphatic carbocycles. The molecule has 188 valence electrons. The molecule has 1 aromatic heterocycles. The minimum atomic E-state index is -0.474. The van der Waals surface area contributed by atoms with Crippen molar-refractivity contribution < 1.29 is 14.3 Å². The molecule has 2 heterocycles. The molecular formula is C26H34N4O3S2. The lowest BCUT2D eigenvalue weighted by Gasteiger charge is -2.35. The van der Waals surface area contributed by atoms with Gasteiger partial charge in [0.15, 0.2) is 5.11 Å². The second-order valence-electron chi connectivity index (χ2n) is 8.26. The molecule has 0 spiro atoms. The number of nitrogens with zero attached hydrogens (tertiary/aromatic N) is 3. The zero-order valence-electron chi connectivity index (χ0n) is 20.9. The van der Waals surface area contributed by atoms with Crippen LogP contribution in [0, 0.1) is 6.92 Å². The summed E-state index contributed by atoms with van der Waals surface area (Å²) in [5.74, 6) is -0.559. The van der Waals surface area contributed by atoms with Gasteiger partial charge in [-0.2, -0.15) is 0 Å². The van der Waals surface area contributed by atoms with E-state index in [1.807, 2.05) is 32.0 Å². The molecule has 7 nitrogen and oxygen atoms in total. The van der Waals surface area contributed by atoms with E-state index in [0.717, 1.165) is 32.7 Å². The van der Waals surface area contributed by atoms with Crippen LogP contribution in [0.4, 0.5) is 5.00 Å². The Morgan fingerprint density at radius 2 is 1.80 bits per heavy atom. The van der Waals surface area contributed by atoms with Gasteiger partial charge in [0.1, 0.15) is 5.00 Å². The van der Waals surface area contributed by atoms with Crippen molar-refractivity contribution in [2.24, 2.45) is 0 Å². The van der Waals surface area contributed by atoms with Crippen LogP contribution >= 0.6 is 23.6 Å². The molecule has 1 saturated heterocycles. The van der Waals surface area contributed by atoms with Crippen molar-refractivity contribution in [2.45, 2.75) is 20.8 Å². The maximum atomic E-state index is 13.0. The van der Waals surface area contributed by atoms with Gasteiger partial charge >= 0.3 is 5.97 Å². The third-order valence-electron chi connectivity index (χ3n) is 6.13. The number of hydrogen-bond donors (Lipinski definition) is 1. The van der Waals surface area contributed by atoms with E-state index in [1.165, 1.54) is 24.0 Å². The van der Waals surface area contributed by atoms with Crippen LogP contribution in [0.5, 0.6) is 0 Å². The third-order valence-corrected chi connectivity index (χ3v) is 7.69. The predicted octanol–water partition coefficient (Wildman–Crippen LogP) is 4.35. The molecule has 0 bridgehead atoms. The van der Waals surface area contributed by atoms with Gasteiger partial charge in [0.05, 0.1) is 17.6 Å². The zero-order valence-corrected chi connectivity index (χ0v) is 22.5. The Hall–Kier alpha value is -2.75. The number of esters is 1. The minimum absolute atomic E-state index is 0.0845. The average molecular weight is 515 g/mol. The molecule has 1 amide bonds. The highest BCUT2D eigenvalue weighted by atomic mass is 32.1. The van der Waals surface area contributed by atoms with E-state index in [0.29, 0.717) is 39.2 Å². The number of anilines is 1. The van der Waals surface area contributed by atoms with Crippen molar-refractivity contribution in [1.29, 1.82) is 0 Å². The molecule has 0 atom stereocenters. The number of nitrogens with one attached hydrogen (secondary N) is 1. The summed E-state index contributed by atoms with van der Waals surface area (Å²) in [5, 5.41) is 4.35. The third kappa shape index (κ3) is 6.68. The van der Waals surface area contributed by atoms with Crippen LogP contribution in [0.15, 0.2) is 36.4 Å². The van der Waals surface area contributed by atoms with Crippen molar-refractivity contribution >= 4 is 51.6 Å². The Kier molecular flexibility index (Phi) is 9.83. The average Bonchev–Trinajstić information content (AvgIpc) is 3.20. The summed E-state index contributed by atoms with van der Waals surface area (Å²) >= 11 is 6.95. The maximum absolute atomic E-state index is 13.0. The fourth-order valence-corrected chi connectivity index (χ4v) is 5.53. The summed E-state index contributed by atoms with van der Waals surface area (Å²) in [6, 6.07) is 10.3. The Balaban J connectivity index is 1.64. The molecular weight excluding hydrogens is 480 g/mol. The van der Waals surface area contributed by atoms with Gasteiger partial charge in [0.25, 0.3) is 5.91 Å². The summed E-state index contributed by atoms with van der Waals surface area (Å²) in [7, 11) is 1.35. The van der Waals surface area contributed by atoms with Crippen LogP contribution in [-0.4, -0.2) is 84.6 Å². The van der Waals surface area contributed by atoms with E-state index in [1.54, 1.807) is 11.8 Å². The van der Waals surface area contributed by atoms with Gasteiger partial charge in [-0.3, -0.25) is 9.69 Å². The number of hydrogen-bond acceptors (Lipinski definition) is 6. The highest BCUT2D eigenvalue weighted by Crippen LogP contribution is 2.35. The van der Waals surface area contributed by atoms with Crippen molar-refractivity contribution in [3.63, 3.8) is 0 Å². The molecule has 1 aliphatic heterocycles. The predicted molar refractivity (Wildman–Crippen MR) is 147 cm³/mol. The second kappa shape index (κ2) is 12.8. The molecule has 3 rings (SSSR count). The molecule has 0 radical (unpaired) electrons. The van der Waals surface area contributed by atoms with E-state index < -0.39 is 5.97 Å². The molecule has 1 N–H and O–H groups in total. The van der Waals surface area contributed by atoms with Crippen LogP contribution in [-0.2, 0) is 4.74 Å². The lowest BCUT2D eigenvalue weighted by Crippen LogP contribution is -2.49. The van der Waals surface area contributed by atoms with Gasteiger partial charge < -0.3 is 19.9 Å². The molecule has 2 aromatic rings. The Bertz CT molecular complexity index is 1060. The van der Waals surface area contributed by atoms with Crippen molar-refractivity contribution in [3.8, 4) is 0 Å². The lowest BCUT2D eigenvalue weighted by atomic mass is 10.1. The van der Waals surface area contributed by atoms with Crippen molar-refractivity contribution in [3.05, 3.63) is 58.0 Å². The van der Waals surface area contributed by atoms with Gasteiger partial charge in [-0.1, -0.05) is 42.5 Å². The van der Waals surface area contributed by atoms with Crippen LogP contribution in [0.2, 0.25) is 0 Å². The highest BCUT2D eigenvalue weighted by Gasteiger charge is 2.28. The van der Waals surface area contributed by atoms with Crippen LogP contribution < -0.4 is 5.32 Å². The van der Waals surface area contributed by atoms with Gasteiger partial charge in [0, 0.05) is 45.8 Å².